The van der Waals surface area contributed by atoms with Gasteiger partial charge in [-0.3, -0.25) is 0 Å². The Morgan fingerprint density at radius 1 is 1.14 bits per heavy atom. The van der Waals surface area contributed by atoms with E-state index in [1.54, 1.807) is 12.1 Å². The molecule has 0 saturated carbocycles. The van der Waals surface area contributed by atoms with Crippen LogP contribution in [-0.2, 0) is 6.42 Å². The van der Waals surface area contributed by atoms with Gasteiger partial charge in [-0.15, -0.1) is 0 Å². The smallest absolute Gasteiger partial charge is 0.123 e. The summed E-state index contributed by atoms with van der Waals surface area (Å²) >= 11 is 3.56. The maximum atomic E-state index is 13.0. The Bertz CT molecular complexity index is 823. The molecule has 4 heteroatoms. The van der Waals surface area contributed by atoms with Gasteiger partial charge in [-0.1, -0.05) is 15.9 Å². The van der Waals surface area contributed by atoms with Crippen molar-refractivity contribution in [2.24, 2.45) is 0 Å². The maximum absolute atomic E-state index is 13.0. The quantitative estimate of drug-likeness (QED) is 0.616. The molecular weight excluding hydrogens is 343 g/mol. The van der Waals surface area contributed by atoms with Crippen molar-refractivity contribution in [1.29, 1.82) is 0 Å². The minimum atomic E-state index is -0.203. The number of aromatic nitrogens is 1. The molecule has 112 valence electrons. The summed E-state index contributed by atoms with van der Waals surface area (Å²) in [5.74, 6) is -0.203. The number of hydrogen-bond acceptors (Lipinski definition) is 1. The van der Waals surface area contributed by atoms with E-state index in [1.807, 2.05) is 0 Å². The normalized spacial score (nSPS) is 17.5. The number of H-pyrrole nitrogens is 1. The molecule has 0 bridgehead atoms. The van der Waals surface area contributed by atoms with E-state index in [1.165, 1.54) is 34.3 Å². The highest BCUT2D eigenvalue weighted by molar-refractivity contribution is 9.10. The Morgan fingerprint density at radius 2 is 1.95 bits per heavy atom. The molecule has 1 heterocycles. The van der Waals surface area contributed by atoms with E-state index in [4.69, 9.17) is 0 Å². The number of hydrogen-bond donors (Lipinski definition) is 2. The molecule has 1 atom stereocenters. The number of anilines is 1. The molecule has 2 N–H and O–H groups in total. The van der Waals surface area contributed by atoms with Crippen molar-refractivity contribution in [1.82, 2.24) is 4.98 Å². The predicted molar refractivity (Wildman–Crippen MR) is 91.7 cm³/mol. The van der Waals surface area contributed by atoms with Crippen LogP contribution in [-0.4, -0.2) is 4.98 Å². The summed E-state index contributed by atoms with van der Waals surface area (Å²) in [6, 6.07) is 13.2. The molecule has 1 aliphatic carbocycles. The molecule has 1 aliphatic rings. The predicted octanol–water partition coefficient (Wildman–Crippen LogP) is 5.56. The van der Waals surface area contributed by atoms with E-state index in [0.29, 0.717) is 0 Å². The fourth-order valence-corrected chi connectivity index (χ4v) is 3.69. The van der Waals surface area contributed by atoms with Crippen LogP contribution >= 0.6 is 15.9 Å². The van der Waals surface area contributed by atoms with Gasteiger partial charge in [0.1, 0.15) is 5.82 Å². The molecule has 4 rings (SSSR count). The topological polar surface area (TPSA) is 27.8 Å². The summed E-state index contributed by atoms with van der Waals surface area (Å²) in [4.78, 5) is 3.57. The molecule has 0 amide bonds. The van der Waals surface area contributed by atoms with Crippen LogP contribution in [0.1, 0.15) is 30.1 Å². The second kappa shape index (κ2) is 5.43. The van der Waals surface area contributed by atoms with Crippen LogP contribution < -0.4 is 5.32 Å². The Labute approximate surface area is 136 Å². The van der Waals surface area contributed by atoms with Gasteiger partial charge in [0.05, 0.1) is 6.04 Å². The highest BCUT2D eigenvalue weighted by Gasteiger charge is 2.24. The number of benzene rings is 2. The van der Waals surface area contributed by atoms with Gasteiger partial charge in [0.15, 0.2) is 0 Å². The van der Waals surface area contributed by atoms with E-state index in [-0.39, 0.29) is 11.9 Å². The van der Waals surface area contributed by atoms with Crippen molar-refractivity contribution in [3.8, 4) is 0 Å². The second-order valence-electron chi connectivity index (χ2n) is 5.80. The van der Waals surface area contributed by atoms with Gasteiger partial charge in [0.2, 0.25) is 0 Å². The van der Waals surface area contributed by atoms with Crippen LogP contribution in [0.2, 0.25) is 0 Å². The lowest BCUT2D eigenvalue weighted by Gasteiger charge is -2.24. The van der Waals surface area contributed by atoms with Crippen LogP contribution in [0.4, 0.5) is 10.1 Å². The average Bonchev–Trinajstić information content (AvgIpc) is 2.89. The molecule has 3 aromatic rings. The van der Waals surface area contributed by atoms with E-state index >= 15 is 0 Å². The lowest BCUT2D eigenvalue weighted by molar-refractivity contribution is 0.592. The Morgan fingerprint density at radius 3 is 2.77 bits per heavy atom. The van der Waals surface area contributed by atoms with Crippen LogP contribution in [0.3, 0.4) is 0 Å². The third-order valence-electron chi connectivity index (χ3n) is 4.35. The third kappa shape index (κ3) is 2.41. The Hall–Kier alpha value is -1.81. The summed E-state index contributed by atoms with van der Waals surface area (Å²) in [5, 5.41) is 4.83. The van der Waals surface area contributed by atoms with E-state index < -0.39 is 0 Å². The first-order chi connectivity index (χ1) is 10.7. The van der Waals surface area contributed by atoms with Gasteiger partial charge < -0.3 is 10.3 Å². The standard InChI is InChI=1S/C18H16BrFN2/c19-11-4-9-16-15(10-11)14-2-1-3-17(18(14)22-16)21-13-7-5-12(20)6-8-13/h4-10,17,21-22H,1-3H2/t17-/m1/s1. The average molecular weight is 359 g/mol. The molecule has 0 radical (unpaired) electrons. The SMILES string of the molecule is Fc1ccc(N[C@@H]2CCCc3c2[nH]c2ccc(Br)cc32)cc1. The monoisotopic (exact) mass is 358 g/mol. The highest BCUT2D eigenvalue weighted by atomic mass is 79.9. The van der Waals surface area contributed by atoms with Crippen molar-refractivity contribution in [2.75, 3.05) is 5.32 Å². The molecule has 0 saturated heterocycles. The lowest BCUT2D eigenvalue weighted by atomic mass is 9.91. The minimum absolute atomic E-state index is 0.203. The van der Waals surface area contributed by atoms with Crippen molar-refractivity contribution in [2.45, 2.75) is 25.3 Å². The van der Waals surface area contributed by atoms with Gasteiger partial charge in [-0.25, -0.2) is 4.39 Å². The Balaban J connectivity index is 1.72. The zero-order valence-corrected chi connectivity index (χ0v) is 13.6. The van der Waals surface area contributed by atoms with Crippen molar-refractivity contribution in [3.05, 3.63) is 64.0 Å². The fraction of sp³-hybridized carbons (Fsp3) is 0.222. The van der Waals surface area contributed by atoms with Crippen LogP contribution in [0.25, 0.3) is 10.9 Å². The molecule has 22 heavy (non-hydrogen) atoms. The van der Waals surface area contributed by atoms with Gasteiger partial charge in [-0.05, 0) is 67.3 Å². The summed E-state index contributed by atoms with van der Waals surface area (Å²) < 4.78 is 14.2. The number of aromatic amines is 1. The van der Waals surface area contributed by atoms with Crippen LogP contribution in [0, 0.1) is 5.82 Å². The number of fused-ring (bicyclic) bond motifs is 3. The molecule has 2 nitrogen and oxygen atoms in total. The molecule has 0 fully saturated rings. The molecule has 1 aromatic heterocycles. The summed E-state index contributed by atoms with van der Waals surface area (Å²) in [7, 11) is 0. The third-order valence-corrected chi connectivity index (χ3v) is 4.85. The van der Waals surface area contributed by atoms with Gasteiger partial charge in [0.25, 0.3) is 0 Å². The van der Waals surface area contributed by atoms with E-state index in [2.05, 4.69) is 44.4 Å². The molecule has 0 spiro atoms. The molecule has 0 unspecified atom stereocenters. The largest absolute Gasteiger partial charge is 0.377 e. The molecule has 2 aromatic carbocycles. The zero-order valence-electron chi connectivity index (χ0n) is 12.0. The van der Waals surface area contributed by atoms with Crippen LogP contribution in [0.5, 0.6) is 0 Å². The molecular formula is C18H16BrFN2. The number of nitrogens with one attached hydrogen (secondary N) is 2. The maximum Gasteiger partial charge on any atom is 0.123 e. The summed E-state index contributed by atoms with van der Waals surface area (Å²) in [6.07, 6.45) is 3.34. The van der Waals surface area contributed by atoms with Crippen molar-refractivity contribution >= 4 is 32.5 Å². The van der Waals surface area contributed by atoms with E-state index in [0.717, 1.165) is 29.4 Å². The van der Waals surface area contributed by atoms with Crippen molar-refractivity contribution < 1.29 is 4.39 Å². The molecule has 0 aliphatic heterocycles. The van der Waals surface area contributed by atoms with Gasteiger partial charge in [-0.2, -0.15) is 0 Å². The first-order valence-corrected chi connectivity index (χ1v) is 8.32. The lowest BCUT2D eigenvalue weighted by Crippen LogP contribution is -2.17. The summed E-state index contributed by atoms with van der Waals surface area (Å²) in [6.45, 7) is 0. The number of rotatable bonds is 2. The minimum Gasteiger partial charge on any atom is -0.377 e. The zero-order chi connectivity index (χ0) is 15.1. The fourth-order valence-electron chi connectivity index (χ4n) is 3.33. The van der Waals surface area contributed by atoms with Gasteiger partial charge in [0, 0.05) is 26.8 Å². The summed E-state index contributed by atoms with van der Waals surface area (Å²) in [5.41, 5.74) is 4.81. The number of halogens is 2. The first-order valence-electron chi connectivity index (χ1n) is 7.53. The first kappa shape index (κ1) is 13.8. The number of aryl methyl sites for hydroxylation is 1. The second-order valence-corrected chi connectivity index (χ2v) is 6.72. The Kier molecular flexibility index (Phi) is 3.41. The van der Waals surface area contributed by atoms with Gasteiger partial charge >= 0.3 is 0 Å². The highest BCUT2D eigenvalue weighted by Crippen LogP contribution is 2.37. The van der Waals surface area contributed by atoms with Crippen LogP contribution in [0.15, 0.2) is 46.9 Å². The van der Waals surface area contributed by atoms with Crippen molar-refractivity contribution in [3.63, 3.8) is 0 Å². The van der Waals surface area contributed by atoms with E-state index in [9.17, 15) is 4.39 Å².